The Balaban J connectivity index is 1.33. The van der Waals surface area contributed by atoms with Gasteiger partial charge < -0.3 is 11.1 Å². The Kier molecular flexibility index (Phi) is 6.49. The zero-order valence-corrected chi connectivity index (χ0v) is 22.4. The van der Waals surface area contributed by atoms with E-state index in [4.69, 9.17) is 40.5 Å². The van der Waals surface area contributed by atoms with Gasteiger partial charge in [-0.1, -0.05) is 34.8 Å². The maximum absolute atomic E-state index is 13.6. The highest BCUT2D eigenvalue weighted by molar-refractivity contribution is 7.90. The molecule has 4 unspecified atom stereocenters. The SMILES string of the molecule is CC1CCN(c2c(Cl)cc(Cl)cc2Cl)S(=O)(=O)N1CC(=O)NC1[C@@H]2CC3C[C@H]1CC(C(N)=O)(C3)C2. The Bertz CT molecular complexity index is 1140. The zero-order valence-electron chi connectivity index (χ0n) is 19.3. The fourth-order valence-corrected chi connectivity index (χ4v) is 10.1. The summed E-state index contributed by atoms with van der Waals surface area (Å²) in [4.78, 5) is 25.4. The maximum atomic E-state index is 13.6. The van der Waals surface area contributed by atoms with Gasteiger partial charge in [-0.15, -0.1) is 0 Å². The average Bonchev–Trinajstić information content (AvgIpc) is 2.74. The van der Waals surface area contributed by atoms with Crippen molar-refractivity contribution in [2.24, 2.45) is 28.9 Å². The van der Waals surface area contributed by atoms with Crippen molar-refractivity contribution in [3.8, 4) is 0 Å². The minimum atomic E-state index is -4.07. The number of nitrogens with zero attached hydrogens (tertiary/aromatic N) is 2. The van der Waals surface area contributed by atoms with Gasteiger partial charge in [-0.05, 0) is 75.3 Å². The van der Waals surface area contributed by atoms with E-state index in [1.54, 1.807) is 6.92 Å². The smallest absolute Gasteiger partial charge is 0.304 e. The number of carbonyl (C=O) groups excluding carboxylic acids is 2. The fourth-order valence-electron chi connectivity index (χ4n) is 7.09. The molecule has 6 atom stereocenters. The van der Waals surface area contributed by atoms with Crippen molar-refractivity contribution in [3.05, 3.63) is 27.2 Å². The number of nitrogens with two attached hydrogens (primary N) is 1. The van der Waals surface area contributed by atoms with Gasteiger partial charge >= 0.3 is 10.2 Å². The lowest BCUT2D eigenvalue weighted by Crippen LogP contribution is -2.63. The molecule has 6 rings (SSSR count). The van der Waals surface area contributed by atoms with E-state index in [9.17, 15) is 18.0 Å². The summed E-state index contributed by atoms with van der Waals surface area (Å²) in [5.74, 6) is 0.279. The molecule has 4 saturated carbocycles. The first-order chi connectivity index (χ1) is 16.4. The summed E-state index contributed by atoms with van der Waals surface area (Å²) in [6.45, 7) is 1.67. The molecule has 1 saturated heterocycles. The number of carbonyl (C=O) groups is 2. The van der Waals surface area contributed by atoms with Crippen LogP contribution >= 0.6 is 34.8 Å². The number of halogens is 3. The standard InChI is InChI=1S/C23H29Cl3N4O4S/c1-12-2-3-29(21-17(25)6-16(24)7-18(21)26)35(33,34)30(12)11-19(31)28-20-14-4-13-5-15(20)10-23(8-13,9-14)22(27)32/h6-7,12-15,20H,2-5,8-11H2,1H3,(H2,27,32)(H,28,31)/t12?,13?,14-,15+,20?,23?. The largest absolute Gasteiger partial charge is 0.369 e. The highest BCUT2D eigenvalue weighted by Gasteiger charge is 2.58. The lowest BCUT2D eigenvalue weighted by atomic mass is 9.47. The molecule has 192 valence electrons. The normalized spacial score (nSPS) is 35.8. The predicted molar refractivity (Wildman–Crippen MR) is 136 cm³/mol. The molecule has 4 bridgehead atoms. The maximum Gasteiger partial charge on any atom is 0.304 e. The van der Waals surface area contributed by atoms with Crippen LogP contribution in [0.5, 0.6) is 0 Å². The van der Waals surface area contributed by atoms with Gasteiger partial charge in [0.25, 0.3) is 0 Å². The van der Waals surface area contributed by atoms with E-state index in [0.29, 0.717) is 30.2 Å². The van der Waals surface area contributed by atoms with Crippen molar-refractivity contribution in [1.82, 2.24) is 9.62 Å². The van der Waals surface area contributed by atoms with Crippen LogP contribution < -0.4 is 15.4 Å². The van der Waals surface area contributed by atoms with Crippen LogP contribution in [0.25, 0.3) is 0 Å². The number of primary amides is 1. The molecule has 3 N–H and O–H groups in total. The second-order valence-electron chi connectivity index (χ2n) is 10.7. The third kappa shape index (κ3) is 4.31. The first-order valence-electron chi connectivity index (χ1n) is 11.9. The summed E-state index contributed by atoms with van der Waals surface area (Å²) in [5.41, 5.74) is 5.48. The molecule has 1 aromatic rings. The molecule has 0 spiro atoms. The third-order valence-electron chi connectivity index (χ3n) is 8.47. The molecule has 1 aromatic carbocycles. The summed E-state index contributed by atoms with van der Waals surface area (Å²) in [7, 11) is -4.07. The Morgan fingerprint density at radius 1 is 1.11 bits per heavy atom. The average molecular weight is 564 g/mol. The van der Waals surface area contributed by atoms with Crippen LogP contribution in [0.1, 0.15) is 45.4 Å². The highest BCUT2D eigenvalue weighted by Crippen LogP contribution is 2.59. The van der Waals surface area contributed by atoms with Crippen LogP contribution in [0.4, 0.5) is 5.69 Å². The lowest BCUT2D eigenvalue weighted by molar-refractivity contribution is -0.147. The first-order valence-corrected chi connectivity index (χ1v) is 14.5. The monoisotopic (exact) mass is 562 g/mol. The molecule has 0 aromatic heterocycles. The molecule has 35 heavy (non-hydrogen) atoms. The van der Waals surface area contributed by atoms with Crippen LogP contribution in [0.3, 0.4) is 0 Å². The van der Waals surface area contributed by atoms with Crippen LogP contribution in [-0.4, -0.2) is 49.7 Å². The van der Waals surface area contributed by atoms with E-state index >= 15 is 0 Å². The van der Waals surface area contributed by atoms with Crippen molar-refractivity contribution in [2.75, 3.05) is 17.4 Å². The van der Waals surface area contributed by atoms with Crippen LogP contribution in [0.2, 0.25) is 15.1 Å². The number of nitrogens with one attached hydrogen (secondary N) is 1. The van der Waals surface area contributed by atoms with Gasteiger partial charge in [0.1, 0.15) is 0 Å². The number of benzene rings is 1. The summed E-state index contributed by atoms with van der Waals surface area (Å²) in [6, 6.07) is 2.45. The number of amides is 2. The van der Waals surface area contributed by atoms with Crippen molar-refractivity contribution < 1.29 is 18.0 Å². The van der Waals surface area contributed by atoms with Crippen LogP contribution in [-0.2, 0) is 19.8 Å². The summed E-state index contributed by atoms with van der Waals surface area (Å²) in [6.07, 6.45) is 4.68. The van der Waals surface area contributed by atoms with E-state index in [1.165, 1.54) is 16.4 Å². The number of rotatable bonds is 5. The van der Waals surface area contributed by atoms with Gasteiger partial charge in [0.15, 0.2) is 0 Å². The molecule has 8 nitrogen and oxygen atoms in total. The first kappa shape index (κ1) is 25.4. The Morgan fingerprint density at radius 2 is 1.71 bits per heavy atom. The zero-order chi connectivity index (χ0) is 25.3. The molecule has 5 aliphatic rings. The van der Waals surface area contributed by atoms with Crippen LogP contribution in [0.15, 0.2) is 12.1 Å². The highest BCUT2D eigenvalue weighted by atomic mass is 35.5. The molecular formula is C23H29Cl3N4O4S. The van der Waals surface area contributed by atoms with E-state index in [0.717, 1.165) is 23.6 Å². The minimum Gasteiger partial charge on any atom is -0.369 e. The number of hydrogen-bond acceptors (Lipinski definition) is 4. The lowest BCUT2D eigenvalue weighted by Gasteiger charge is -2.58. The van der Waals surface area contributed by atoms with Gasteiger partial charge in [0.05, 0.1) is 22.3 Å². The van der Waals surface area contributed by atoms with Gasteiger partial charge in [-0.2, -0.15) is 12.7 Å². The van der Waals surface area contributed by atoms with Crippen LogP contribution in [0, 0.1) is 23.2 Å². The van der Waals surface area contributed by atoms with Gasteiger partial charge in [0.2, 0.25) is 11.8 Å². The second-order valence-corrected chi connectivity index (χ2v) is 13.7. The van der Waals surface area contributed by atoms with E-state index in [1.807, 2.05) is 0 Å². The molecule has 1 heterocycles. The number of hydrogen-bond donors (Lipinski definition) is 2. The minimum absolute atomic E-state index is 0.0643. The van der Waals surface area contributed by atoms with E-state index in [-0.39, 0.29) is 64.6 Å². The van der Waals surface area contributed by atoms with E-state index < -0.39 is 15.6 Å². The van der Waals surface area contributed by atoms with Gasteiger partial charge in [-0.25, -0.2) is 0 Å². The molecule has 0 radical (unpaired) electrons. The quantitative estimate of drug-likeness (QED) is 0.570. The van der Waals surface area contributed by atoms with Gasteiger partial charge in [-0.3, -0.25) is 13.9 Å². The molecule has 12 heteroatoms. The summed E-state index contributed by atoms with van der Waals surface area (Å²) < 4.78 is 29.5. The number of anilines is 1. The van der Waals surface area contributed by atoms with Crippen molar-refractivity contribution in [3.63, 3.8) is 0 Å². The fraction of sp³-hybridized carbons (Fsp3) is 0.652. The Morgan fingerprint density at radius 3 is 2.29 bits per heavy atom. The molecule has 1 aliphatic heterocycles. The topological polar surface area (TPSA) is 113 Å². The van der Waals surface area contributed by atoms with Crippen molar-refractivity contribution in [2.45, 2.75) is 57.5 Å². The second kappa shape index (κ2) is 8.94. The van der Waals surface area contributed by atoms with Gasteiger partial charge in [0, 0.05) is 29.1 Å². The van der Waals surface area contributed by atoms with E-state index in [2.05, 4.69) is 5.32 Å². The molecule has 4 aliphatic carbocycles. The summed E-state index contributed by atoms with van der Waals surface area (Å²) in [5, 5.41) is 3.68. The molecule has 2 amide bonds. The summed E-state index contributed by atoms with van der Waals surface area (Å²) >= 11 is 18.6. The molecular weight excluding hydrogens is 535 g/mol. The molecule has 5 fully saturated rings. The Labute approximate surface area is 220 Å². The third-order valence-corrected chi connectivity index (χ3v) is 11.3. The van der Waals surface area contributed by atoms with Crippen molar-refractivity contribution >= 4 is 62.5 Å². The Hall–Kier alpha value is -1.26. The van der Waals surface area contributed by atoms with Crippen molar-refractivity contribution in [1.29, 1.82) is 0 Å². The predicted octanol–water partition coefficient (Wildman–Crippen LogP) is 3.59.